The molecule has 5 rings (SSSR count). The highest BCUT2D eigenvalue weighted by molar-refractivity contribution is 14.1. The number of nitrogens with zero attached hydrogens (tertiary/aromatic N) is 1. The predicted molar refractivity (Wildman–Crippen MR) is 174 cm³/mol. The number of ether oxygens (including phenoxy) is 5. The average Bonchev–Trinajstić information content (AvgIpc) is 3.64. The predicted octanol–water partition coefficient (Wildman–Crippen LogP) is 7.58. The molecule has 0 bridgehead atoms. The third-order valence-electron chi connectivity index (χ3n) is 6.54. The number of pyridine rings is 1. The molecule has 0 aliphatic heterocycles. The van der Waals surface area contributed by atoms with Gasteiger partial charge in [0.2, 0.25) is 11.5 Å². The number of furan rings is 2. The molecule has 0 amide bonds. The zero-order valence-electron chi connectivity index (χ0n) is 25.4. The maximum absolute atomic E-state index is 11.5. The van der Waals surface area contributed by atoms with Gasteiger partial charge in [-0.25, -0.2) is 9.59 Å². The number of aryl methyl sites for hydroxylation is 2. The number of aromatic nitrogens is 1. The molecule has 45 heavy (non-hydrogen) atoms. The molecule has 0 fully saturated rings. The number of hydrogen-bond acceptors (Lipinski definition) is 10. The molecule has 0 saturated heterocycles. The highest BCUT2D eigenvalue weighted by Gasteiger charge is 2.16. The number of rotatable bonds is 10. The zero-order valence-corrected chi connectivity index (χ0v) is 27.6. The summed E-state index contributed by atoms with van der Waals surface area (Å²) in [4.78, 5) is 27.2. The van der Waals surface area contributed by atoms with Crippen molar-refractivity contribution in [3.8, 4) is 28.5 Å². The SMILES string of the molecule is COC(=O)c1cc(COc2ccc(-c3ccc(OC)cc3)nc2)c(C)o1.COC(=O)c1cc(COc2ccc(I)cc2)c(C)o1. The first kappa shape index (κ1) is 33.1. The van der Waals surface area contributed by atoms with Crippen molar-refractivity contribution in [2.24, 2.45) is 0 Å². The van der Waals surface area contributed by atoms with Crippen LogP contribution in [0.1, 0.15) is 43.8 Å². The van der Waals surface area contributed by atoms with Crippen LogP contribution in [0, 0.1) is 17.4 Å². The van der Waals surface area contributed by atoms with E-state index >= 15 is 0 Å². The quantitative estimate of drug-likeness (QED) is 0.105. The van der Waals surface area contributed by atoms with Crippen molar-refractivity contribution in [1.82, 2.24) is 4.98 Å². The van der Waals surface area contributed by atoms with Gasteiger partial charge in [-0.15, -0.1) is 0 Å². The third-order valence-corrected chi connectivity index (χ3v) is 7.26. The van der Waals surface area contributed by atoms with E-state index in [-0.39, 0.29) is 18.1 Å². The lowest BCUT2D eigenvalue weighted by molar-refractivity contribution is 0.0556. The molecule has 3 aromatic heterocycles. The Bertz CT molecular complexity index is 1710. The number of esters is 2. The summed E-state index contributed by atoms with van der Waals surface area (Å²) in [6.45, 7) is 4.19. The van der Waals surface area contributed by atoms with Crippen LogP contribution in [0.3, 0.4) is 0 Å². The number of carbonyl (C=O) groups excluding carboxylic acids is 2. The lowest BCUT2D eigenvalue weighted by Crippen LogP contribution is -1.99. The van der Waals surface area contributed by atoms with Gasteiger partial charge in [0.05, 0.1) is 33.2 Å². The molecule has 3 heterocycles. The van der Waals surface area contributed by atoms with E-state index in [2.05, 4.69) is 37.0 Å². The lowest BCUT2D eigenvalue weighted by atomic mass is 10.1. The van der Waals surface area contributed by atoms with Crippen LogP contribution in [0.25, 0.3) is 11.3 Å². The molecule has 234 valence electrons. The maximum atomic E-state index is 11.5. The van der Waals surface area contributed by atoms with Crippen LogP contribution >= 0.6 is 22.6 Å². The Labute approximate surface area is 274 Å². The second kappa shape index (κ2) is 15.8. The van der Waals surface area contributed by atoms with Crippen molar-refractivity contribution in [3.63, 3.8) is 0 Å². The van der Waals surface area contributed by atoms with E-state index in [1.807, 2.05) is 60.7 Å². The number of halogens is 1. The van der Waals surface area contributed by atoms with Crippen molar-refractivity contribution >= 4 is 34.5 Å². The number of benzene rings is 2. The van der Waals surface area contributed by atoms with Crippen molar-refractivity contribution < 1.29 is 42.1 Å². The number of hydrogen-bond donors (Lipinski definition) is 0. The summed E-state index contributed by atoms with van der Waals surface area (Å²) >= 11 is 2.23. The molecule has 5 aromatic rings. The molecule has 0 unspecified atom stereocenters. The highest BCUT2D eigenvalue weighted by atomic mass is 127. The normalized spacial score (nSPS) is 10.4. The van der Waals surface area contributed by atoms with E-state index in [9.17, 15) is 9.59 Å². The smallest absolute Gasteiger partial charge is 0.373 e. The van der Waals surface area contributed by atoms with Gasteiger partial charge in [-0.3, -0.25) is 4.98 Å². The maximum Gasteiger partial charge on any atom is 0.373 e. The standard InChI is InChI=1S/C20H19NO5.C14H13IO4/c1-13-15(10-19(26-13)20(22)24-3)12-25-17-8-9-18(21-11-17)14-4-6-16(23-2)7-5-14;1-9-10(7-13(19-9)14(16)17-2)8-18-12-5-3-11(15)4-6-12/h4-11H,12H2,1-3H3;3-7H,8H2,1-2H3. The molecule has 11 heteroatoms. The minimum atomic E-state index is -0.509. The van der Waals surface area contributed by atoms with Crippen LogP contribution in [0.2, 0.25) is 0 Å². The first-order chi connectivity index (χ1) is 21.7. The largest absolute Gasteiger partial charge is 0.497 e. The summed E-state index contributed by atoms with van der Waals surface area (Å²) in [7, 11) is 4.27. The van der Waals surface area contributed by atoms with Gasteiger partial charge in [0.25, 0.3) is 0 Å². The van der Waals surface area contributed by atoms with Gasteiger partial charge in [-0.05, 0) is 109 Å². The van der Waals surface area contributed by atoms with Crippen molar-refractivity contribution in [3.05, 3.63) is 117 Å². The monoisotopic (exact) mass is 725 g/mol. The lowest BCUT2D eigenvalue weighted by Gasteiger charge is -2.07. The molecule has 0 aliphatic rings. The van der Waals surface area contributed by atoms with Gasteiger partial charge in [0.15, 0.2) is 0 Å². The molecule has 0 spiro atoms. The van der Waals surface area contributed by atoms with Crippen LogP contribution in [-0.4, -0.2) is 38.3 Å². The van der Waals surface area contributed by atoms with E-state index in [4.69, 9.17) is 23.0 Å². The Morgan fingerprint density at radius 2 is 1.18 bits per heavy atom. The first-order valence-corrected chi connectivity index (χ1v) is 14.8. The van der Waals surface area contributed by atoms with E-state index in [0.29, 0.717) is 23.9 Å². The fourth-order valence-electron chi connectivity index (χ4n) is 3.98. The fraction of sp³-hybridized carbons (Fsp3) is 0.206. The molecule has 0 N–H and O–H groups in total. The summed E-state index contributed by atoms with van der Waals surface area (Å²) in [5.41, 5.74) is 3.45. The number of carbonyl (C=O) groups is 2. The summed E-state index contributed by atoms with van der Waals surface area (Å²) in [6, 6.07) is 22.4. The molecule has 10 nitrogen and oxygen atoms in total. The highest BCUT2D eigenvalue weighted by Crippen LogP contribution is 2.24. The molecule has 0 aliphatic carbocycles. The Morgan fingerprint density at radius 3 is 1.64 bits per heavy atom. The van der Waals surface area contributed by atoms with Gasteiger partial charge in [-0.2, -0.15) is 0 Å². The van der Waals surface area contributed by atoms with E-state index in [1.54, 1.807) is 39.3 Å². The van der Waals surface area contributed by atoms with Gasteiger partial charge in [0, 0.05) is 20.3 Å². The van der Waals surface area contributed by atoms with Crippen LogP contribution in [0.5, 0.6) is 17.2 Å². The Balaban J connectivity index is 0.000000215. The van der Waals surface area contributed by atoms with E-state index in [1.165, 1.54) is 14.2 Å². The minimum absolute atomic E-state index is 0.163. The first-order valence-electron chi connectivity index (χ1n) is 13.7. The van der Waals surface area contributed by atoms with Crippen molar-refractivity contribution in [1.29, 1.82) is 0 Å². The summed E-state index contributed by atoms with van der Waals surface area (Å²) < 4.78 is 37.6. The third kappa shape index (κ3) is 9.11. The Morgan fingerprint density at radius 1 is 0.689 bits per heavy atom. The van der Waals surface area contributed by atoms with Gasteiger partial charge >= 0.3 is 11.9 Å². The molecular weight excluding hydrogens is 693 g/mol. The molecule has 0 radical (unpaired) electrons. The van der Waals surface area contributed by atoms with Gasteiger partial charge < -0.3 is 32.5 Å². The fourth-order valence-corrected chi connectivity index (χ4v) is 4.34. The van der Waals surface area contributed by atoms with E-state index < -0.39 is 11.9 Å². The average molecular weight is 726 g/mol. The zero-order chi connectivity index (χ0) is 32.3. The second-order valence-corrected chi connectivity index (χ2v) is 10.8. The van der Waals surface area contributed by atoms with Crippen molar-refractivity contribution in [2.45, 2.75) is 27.1 Å². The van der Waals surface area contributed by atoms with E-state index in [0.717, 1.165) is 37.5 Å². The Kier molecular flexibility index (Phi) is 11.6. The van der Waals surface area contributed by atoms with Crippen LogP contribution < -0.4 is 14.2 Å². The summed E-state index contributed by atoms with van der Waals surface area (Å²) in [6.07, 6.45) is 1.66. The molecule has 0 atom stereocenters. The van der Waals surface area contributed by atoms with Crippen LogP contribution in [-0.2, 0) is 22.7 Å². The Hall–Kier alpha value is -4.78. The summed E-state index contributed by atoms with van der Waals surface area (Å²) in [5.74, 6) is 2.85. The molecular formula is C34H32INO9. The van der Waals surface area contributed by atoms with Gasteiger partial charge in [0.1, 0.15) is 42.0 Å². The summed E-state index contributed by atoms with van der Waals surface area (Å²) in [5, 5.41) is 0. The topological polar surface area (TPSA) is 119 Å². The molecule has 0 saturated carbocycles. The van der Waals surface area contributed by atoms with Crippen LogP contribution in [0.15, 0.2) is 87.8 Å². The minimum Gasteiger partial charge on any atom is -0.497 e. The molecule has 2 aromatic carbocycles. The number of methoxy groups -OCH3 is 3. The van der Waals surface area contributed by atoms with Gasteiger partial charge in [-0.1, -0.05) is 0 Å². The van der Waals surface area contributed by atoms with Crippen LogP contribution in [0.4, 0.5) is 0 Å². The van der Waals surface area contributed by atoms with Crippen molar-refractivity contribution in [2.75, 3.05) is 21.3 Å². The second-order valence-electron chi connectivity index (χ2n) is 9.51.